The van der Waals surface area contributed by atoms with Gasteiger partial charge >= 0.3 is 6.61 Å². The highest BCUT2D eigenvalue weighted by molar-refractivity contribution is 5.97. The number of hydrogen-bond acceptors (Lipinski definition) is 5. The van der Waals surface area contributed by atoms with Gasteiger partial charge in [-0.2, -0.15) is 13.8 Å². The second-order valence-electron chi connectivity index (χ2n) is 7.80. The number of ether oxygens (including phenoxy) is 2. The number of aliphatic hydroxyl groups is 1. The van der Waals surface area contributed by atoms with Crippen molar-refractivity contribution in [3.8, 4) is 5.75 Å². The zero-order valence-corrected chi connectivity index (χ0v) is 18.4. The van der Waals surface area contributed by atoms with E-state index in [2.05, 4.69) is 14.7 Å². The number of aliphatic hydroxyl groups excluding tert-OH is 1. The van der Waals surface area contributed by atoms with Crippen molar-refractivity contribution >= 4 is 28.5 Å². The number of anilines is 1. The Morgan fingerprint density at radius 1 is 1.29 bits per heavy atom. The van der Waals surface area contributed by atoms with Crippen LogP contribution in [-0.4, -0.2) is 59.4 Å². The number of fused-ring (bicyclic) bond motifs is 1. The van der Waals surface area contributed by atoms with E-state index in [1.54, 1.807) is 21.6 Å². The largest absolute Gasteiger partial charge is 0.435 e. The third-order valence-corrected chi connectivity index (χ3v) is 5.51. The number of aromatic nitrogens is 2. The van der Waals surface area contributed by atoms with Gasteiger partial charge in [0.25, 0.3) is 11.8 Å². The Hall–Kier alpha value is -3.57. The number of amides is 2. The molecule has 2 N–H and O–H groups in total. The van der Waals surface area contributed by atoms with Crippen molar-refractivity contribution in [1.29, 1.82) is 0 Å². The first-order valence-electron chi connectivity index (χ1n) is 10.7. The Morgan fingerprint density at radius 2 is 2.12 bits per heavy atom. The number of imidazole rings is 1. The lowest BCUT2D eigenvalue weighted by atomic mass is 10.2. The first-order chi connectivity index (χ1) is 16.4. The van der Waals surface area contributed by atoms with Gasteiger partial charge in [-0.15, -0.1) is 0 Å². The van der Waals surface area contributed by atoms with Gasteiger partial charge in [0.1, 0.15) is 12.4 Å². The number of nitrogens with one attached hydrogen (secondary N) is 1. The molecule has 34 heavy (non-hydrogen) atoms. The van der Waals surface area contributed by atoms with Gasteiger partial charge in [0, 0.05) is 30.4 Å². The predicted octanol–water partition coefficient (Wildman–Crippen LogP) is 2.62. The molecule has 0 spiro atoms. The smallest absolute Gasteiger partial charge is 0.387 e. The Labute approximate surface area is 193 Å². The van der Waals surface area contributed by atoms with Crippen molar-refractivity contribution in [2.24, 2.45) is 4.99 Å². The summed E-state index contributed by atoms with van der Waals surface area (Å²) in [5.74, 6) is -0.946. The number of hydrogen-bond donors (Lipinski definition) is 2. The molecule has 0 bridgehead atoms. The van der Waals surface area contributed by atoms with Crippen molar-refractivity contribution < 1.29 is 33.0 Å². The second-order valence-corrected chi connectivity index (χ2v) is 7.80. The van der Waals surface area contributed by atoms with E-state index in [1.807, 2.05) is 13.0 Å². The molecule has 0 aliphatic carbocycles. The highest BCUT2D eigenvalue weighted by Crippen LogP contribution is 2.24. The molecule has 0 saturated carbocycles. The monoisotopic (exact) mass is 474 g/mol. The standard InChI is InChI=1S/C23H24F2N4O5/c1-14(7-9-30)29-19-6-5-16(28-8-10-33-13-20(28)31)12-18(19)26-23(29)27-21(32)15-3-2-4-17(11-15)34-22(24)25/h2-6,11-12,14,22,30H,7-10,13H2,1H3,(H,26,27,32)/t14-/m1/s1. The fourth-order valence-electron chi connectivity index (χ4n) is 3.90. The van der Waals surface area contributed by atoms with E-state index < -0.39 is 12.5 Å². The lowest BCUT2D eigenvalue weighted by Crippen LogP contribution is -2.41. The molecule has 1 fully saturated rings. The topological polar surface area (TPSA) is 109 Å². The first kappa shape index (κ1) is 23.6. The van der Waals surface area contributed by atoms with Crippen LogP contribution in [0.3, 0.4) is 0 Å². The third kappa shape index (κ3) is 5.00. The molecule has 3 aromatic rings. The molecule has 4 rings (SSSR count). The molecule has 9 nitrogen and oxygen atoms in total. The molecule has 2 amide bonds. The Balaban J connectivity index is 1.77. The van der Waals surface area contributed by atoms with Crippen LogP contribution in [0.15, 0.2) is 47.5 Å². The van der Waals surface area contributed by atoms with Crippen LogP contribution in [0.5, 0.6) is 5.75 Å². The summed E-state index contributed by atoms with van der Waals surface area (Å²) in [7, 11) is 0. The lowest BCUT2D eigenvalue weighted by molar-refractivity contribution is -0.125. The number of carbonyl (C=O) groups is 2. The van der Waals surface area contributed by atoms with Gasteiger partial charge in [-0.25, -0.2) is 0 Å². The van der Waals surface area contributed by atoms with Gasteiger partial charge < -0.3 is 29.0 Å². The van der Waals surface area contributed by atoms with E-state index in [4.69, 9.17) is 4.74 Å². The summed E-state index contributed by atoms with van der Waals surface area (Å²) in [5, 5.41) is 9.45. The van der Waals surface area contributed by atoms with E-state index in [-0.39, 0.29) is 42.1 Å². The van der Waals surface area contributed by atoms with Gasteiger partial charge in [0.2, 0.25) is 5.62 Å². The molecule has 11 heteroatoms. The number of nitrogens with zero attached hydrogens (tertiary/aromatic N) is 3. The van der Waals surface area contributed by atoms with E-state index in [1.165, 1.54) is 24.3 Å². The number of rotatable bonds is 7. The normalized spacial score (nSPS) is 15.9. The average Bonchev–Trinajstić information content (AvgIpc) is 3.16. The Morgan fingerprint density at radius 3 is 2.85 bits per heavy atom. The van der Waals surface area contributed by atoms with Crippen LogP contribution in [-0.2, 0) is 9.53 Å². The van der Waals surface area contributed by atoms with Gasteiger partial charge in [0.05, 0.1) is 17.6 Å². The van der Waals surface area contributed by atoms with Crippen LogP contribution < -0.4 is 15.3 Å². The Bertz CT molecular complexity index is 1270. The summed E-state index contributed by atoms with van der Waals surface area (Å²) in [6, 6.07) is 10.6. The molecular formula is C23H24F2N4O5. The second kappa shape index (κ2) is 10.1. The average molecular weight is 474 g/mol. The molecule has 180 valence electrons. The lowest BCUT2D eigenvalue weighted by Gasteiger charge is -2.26. The number of carbonyl (C=O) groups excluding carboxylic acids is 2. The quantitative estimate of drug-likeness (QED) is 0.547. The van der Waals surface area contributed by atoms with Crippen molar-refractivity contribution in [2.45, 2.75) is 26.0 Å². The van der Waals surface area contributed by atoms with Gasteiger partial charge in [-0.3, -0.25) is 9.59 Å². The van der Waals surface area contributed by atoms with Crippen LogP contribution in [0, 0.1) is 0 Å². The summed E-state index contributed by atoms with van der Waals surface area (Å²) >= 11 is 0. The van der Waals surface area contributed by atoms with E-state index >= 15 is 0 Å². The number of benzene rings is 2. The van der Waals surface area contributed by atoms with E-state index in [0.29, 0.717) is 30.8 Å². The minimum atomic E-state index is -3.01. The molecule has 0 unspecified atom stereocenters. The maximum atomic E-state index is 12.9. The zero-order valence-electron chi connectivity index (χ0n) is 18.4. The summed E-state index contributed by atoms with van der Waals surface area (Å²) < 4.78 is 36.4. The molecule has 1 atom stereocenters. The van der Waals surface area contributed by atoms with Crippen LogP contribution in [0.2, 0.25) is 0 Å². The molecule has 1 saturated heterocycles. The summed E-state index contributed by atoms with van der Waals surface area (Å²) in [6.07, 6.45) is 0.412. The van der Waals surface area contributed by atoms with Gasteiger partial charge in [-0.05, 0) is 49.7 Å². The van der Waals surface area contributed by atoms with Gasteiger partial charge in [0.15, 0.2) is 0 Å². The SMILES string of the molecule is C[C@H](CCO)n1/c(=N/C(=O)c2cccc(OC(F)F)c2)[nH]c2cc(N3CCOCC3=O)ccc21. The molecule has 2 aromatic carbocycles. The third-order valence-electron chi connectivity index (χ3n) is 5.51. The number of halogens is 2. The number of alkyl halides is 2. The number of morpholine rings is 1. The van der Waals surface area contributed by atoms with Crippen LogP contribution in [0.1, 0.15) is 29.7 Å². The molecule has 1 aliphatic rings. The number of aromatic amines is 1. The van der Waals surface area contributed by atoms with Crippen LogP contribution in [0.4, 0.5) is 14.5 Å². The highest BCUT2D eigenvalue weighted by Gasteiger charge is 2.22. The molecular weight excluding hydrogens is 450 g/mol. The zero-order chi connectivity index (χ0) is 24.2. The Kier molecular flexibility index (Phi) is 7.03. The maximum Gasteiger partial charge on any atom is 0.387 e. The fraction of sp³-hybridized carbons (Fsp3) is 0.348. The predicted molar refractivity (Wildman–Crippen MR) is 119 cm³/mol. The van der Waals surface area contributed by atoms with Crippen molar-refractivity contribution in [3.63, 3.8) is 0 Å². The molecule has 2 heterocycles. The first-order valence-corrected chi connectivity index (χ1v) is 10.7. The summed E-state index contributed by atoms with van der Waals surface area (Å²) in [5.41, 5.74) is 2.36. The molecule has 1 aliphatic heterocycles. The van der Waals surface area contributed by atoms with E-state index in [9.17, 15) is 23.5 Å². The highest BCUT2D eigenvalue weighted by atomic mass is 19.3. The molecule has 0 radical (unpaired) electrons. The van der Waals surface area contributed by atoms with Gasteiger partial charge in [-0.1, -0.05) is 6.07 Å². The summed E-state index contributed by atoms with van der Waals surface area (Å²) in [6.45, 7) is -0.320. The maximum absolute atomic E-state index is 12.9. The van der Waals surface area contributed by atoms with Crippen LogP contribution in [0.25, 0.3) is 11.0 Å². The van der Waals surface area contributed by atoms with Crippen molar-refractivity contribution in [2.75, 3.05) is 31.3 Å². The van der Waals surface area contributed by atoms with E-state index in [0.717, 1.165) is 5.52 Å². The van der Waals surface area contributed by atoms with Crippen LogP contribution >= 0.6 is 0 Å². The minimum absolute atomic E-state index is 0.0136. The summed E-state index contributed by atoms with van der Waals surface area (Å²) in [4.78, 5) is 34.0. The minimum Gasteiger partial charge on any atom is -0.435 e. The van der Waals surface area contributed by atoms with Crippen molar-refractivity contribution in [1.82, 2.24) is 9.55 Å². The van der Waals surface area contributed by atoms with Crippen molar-refractivity contribution in [3.05, 3.63) is 53.6 Å². The number of H-pyrrole nitrogens is 1. The fourth-order valence-corrected chi connectivity index (χ4v) is 3.90. The molecule has 1 aromatic heterocycles.